The average molecular weight is 356 g/mol. The monoisotopic (exact) mass is 356 g/mol. The zero-order valence-electron chi connectivity index (χ0n) is 14.6. The molecule has 2 aliphatic rings. The van der Waals surface area contributed by atoms with Crippen LogP contribution in [-0.2, 0) is 11.2 Å². The van der Waals surface area contributed by atoms with Gasteiger partial charge in [0, 0.05) is 25.0 Å². The van der Waals surface area contributed by atoms with E-state index in [2.05, 4.69) is 27.8 Å². The van der Waals surface area contributed by atoms with Gasteiger partial charge in [0.15, 0.2) is 4.77 Å². The van der Waals surface area contributed by atoms with E-state index in [9.17, 15) is 4.79 Å². The highest BCUT2D eigenvalue weighted by atomic mass is 32.1. The number of hydrogen-bond donors (Lipinski definition) is 1. The van der Waals surface area contributed by atoms with E-state index in [4.69, 9.17) is 12.2 Å². The Morgan fingerprint density at radius 2 is 2.12 bits per heavy atom. The molecule has 1 saturated heterocycles. The second-order valence-corrected chi connectivity index (χ2v) is 7.66. The van der Waals surface area contributed by atoms with Crippen LogP contribution in [0.25, 0.3) is 0 Å². The van der Waals surface area contributed by atoms with Crippen molar-refractivity contribution in [1.82, 2.24) is 19.7 Å². The highest BCUT2D eigenvalue weighted by Gasteiger charge is 2.33. The topological polar surface area (TPSA) is 53.9 Å². The SMILES string of the molecule is Cc1ccccc1CC(=O)N1CCC[C@H](c2n[nH]c(=S)n2C2CC2)C1. The van der Waals surface area contributed by atoms with Crippen molar-refractivity contribution in [1.29, 1.82) is 0 Å². The fraction of sp³-hybridized carbons (Fsp3) is 0.526. The summed E-state index contributed by atoms with van der Waals surface area (Å²) in [5, 5.41) is 7.46. The van der Waals surface area contributed by atoms with E-state index < -0.39 is 0 Å². The second kappa shape index (κ2) is 6.75. The van der Waals surface area contributed by atoms with Crippen molar-refractivity contribution in [3.05, 3.63) is 46.0 Å². The summed E-state index contributed by atoms with van der Waals surface area (Å²) in [5.74, 6) is 1.54. The number of piperidine rings is 1. The van der Waals surface area contributed by atoms with E-state index in [1.807, 2.05) is 23.1 Å². The number of aromatic amines is 1. The fourth-order valence-electron chi connectivity index (χ4n) is 3.79. The first-order chi connectivity index (χ1) is 12.1. The molecular formula is C19H24N4OS. The van der Waals surface area contributed by atoms with Crippen LogP contribution in [0, 0.1) is 11.7 Å². The Kier molecular flexibility index (Phi) is 4.46. The molecule has 1 aliphatic carbocycles. The highest BCUT2D eigenvalue weighted by Crippen LogP contribution is 2.38. The Balaban J connectivity index is 1.49. The number of amides is 1. The van der Waals surface area contributed by atoms with E-state index in [-0.39, 0.29) is 11.8 Å². The third-order valence-electron chi connectivity index (χ3n) is 5.39. The Morgan fingerprint density at radius 3 is 2.88 bits per heavy atom. The predicted octanol–water partition coefficient (Wildman–Crippen LogP) is 3.53. The Hall–Kier alpha value is -1.95. The lowest BCUT2D eigenvalue weighted by atomic mass is 9.96. The molecule has 1 aromatic carbocycles. The summed E-state index contributed by atoms with van der Waals surface area (Å²) in [6, 6.07) is 8.64. The van der Waals surface area contributed by atoms with Gasteiger partial charge in [0.2, 0.25) is 5.91 Å². The van der Waals surface area contributed by atoms with E-state index in [0.29, 0.717) is 12.5 Å². The lowest BCUT2D eigenvalue weighted by Crippen LogP contribution is -2.40. The molecule has 6 heteroatoms. The number of hydrogen-bond acceptors (Lipinski definition) is 3. The molecule has 4 rings (SSSR count). The number of carbonyl (C=O) groups is 1. The smallest absolute Gasteiger partial charge is 0.227 e. The maximum absolute atomic E-state index is 12.8. The summed E-state index contributed by atoms with van der Waals surface area (Å²) in [5.41, 5.74) is 2.30. The van der Waals surface area contributed by atoms with Crippen LogP contribution < -0.4 is 0 Å². The third-order valence-corrected chi connectivity index (χ3v) is 5.67. The number of rotatable bonds is 4. The summed E-state index contributed by atoms with van der Waals surface area (Å²) in [6.07, 6.45) is 4.94. The molecule has 2 fully saturated rings. The van der Waals surface area contributed by atoms with Crippen molar-refractivity contribution < 1.29 is 4.79 Å². The molecule has 2 heterocycles. The lowest BCUT2D eigenvalue weighted by molar-refractivity contribution is -0.131. The summed E-state index contributed by atoms with van der Waals surface area (Å²) in [6.45, 7) is 3.65. The summed E-state index contributed by atoms with van der Waals surface area (Å²) in [7, 11) is 0. The third kappa shape index (κ3) is 3.40. The minimum Gasteiger partial charge on any atom is -0.342 e. The number of aromatic nitrogens is 3. The molecule has 132 valence electrons. The van der Waals surface area contributed by atoms with Crippen LogP contribution in [0.15, 0.2) is 24.3 Å². The largest absolute Gasteiger partial charge is 0.342 e. The van der Waals surface area contributed by atoms with Crippen molar-refractivity contribution in [2.75, 3.05) is 13.1 Å². The van der Waals surface area contributed by atoms with Gasteiger partial charge in [-0.25, -0.2) is 0 Å². The quantitative estimate of drug-likeness (QED) is 0.853. The molecule has 1 aromatic heterocycles. The van der Waals surface area contributed by atoms with Crippen molar-refractivity contribution in [2.24, 2.45) is 0 Å². The molecule has 1 N–H and O–H groups in total. The Morgan fingerprint density at radius 1 is 1.32 bits per heavy atom. The van der Waals surface area contributed by atoms with Gasteiger partial charge < -0.3 is 9.47 Å². The number of nitrogens with zero attached hydrogens (tertiary/aromatic N) is 3. The molecule has 0 spiro atoms. The number of aryl methyl sites for hydroxylation is 1. The summed E-state index contributed by atoms with van der Waals surface area (Å²) >= 11 is 5.40. The van der Waals surface area contributed by atoms with Gasteiger partial charge in [0.25, 0.3) is 0 Å². The molecule has 5 nitrogen and oxygen atoms in total. The number of likely N-dealkylation sites (tertiary alicyclic amines) is 1. The first-order valence-electron chi connectivity index (χ1n) is 9.12. The number of carbonyl (C=O) groups excluding carboxylic acids is 1. The molecule has 1 atom stereocenters. The van der Waals surface area contributed by atoms with Crippen molar-refractivity contribution in [2.45, 2.75) is 51.0 Å². The van der Waals surface area contributed by atoms with Crippen LogP contribution in [0.2, 0.25) is 0 Å². The fourth-order valence-corrected chi connectivity index (χ4v) is 4.08. The van der Waals surface area contributed by atoms with Crippen LogP contribution in [0.4, 0.5) is 0 Å². The van der Waals surface area contributed by atoms with Gasteiger partial charge in [0.1, 0.15) is 5.82 Å². The van der Waals surface area contributed by atoms with Gasteiger partial charge in [-0.1, -0.05) is 24.3 Å². The van der Waals surface area contributed by atoms with Crippen LogP contribution >= 0.6 is 12.2 Å². The van der Waals surface area contributed by atoms with Gasteiger partial charge in [-0.15, -0.1) is 0 Å². The van der Waals surface area contributed by atoms with Crippen molar-refractivity contribution in [3.8, 4) is 0 Å². The minimum atomic E-state index is 0.214. The molecule has 25 heavy (non-hydrogen) atoms. The maximum Gasteiger partial charge on any atom is 0.227 e. The molecule has 0 bridgehead atoms. The van der Waals surface area contributed by atoms with Gasteiger partial charge >= 0.3 is 0 Å². The molecular weight excluding hydrogens is 332 g/mol. The van der Waals surface area contributed by atoms with Crippen LogP contribution in [0.5, 0.6) is 0 Å². The molecule has 0 radical (unpaired) electrons. The van der Waals surface area contributed by atoms with Crippen molar-refractivity contribution >= 4 is 18.1 Å². The standard InChI is InChI=1S/C19H24N4OS/c1-13-5-2-3-6-14(13)11-17(24)22-10-4-7-15(12-22)18-20-21-19(25)23(18)16-8-9-16/h2-3,5-6,15-16H,4,7-12H2,1H3,(H,21,25)/t15-/m0/s1. The normalized spacial score (nSPS) is 20.7. The summed E-state index contributed by atoms with van der Waals surface area (Å²) < 4.78 is 2.91. The van der Waals surface area contributed by atoms with Gasteiger partial charge in [-0.3, -0.25) is 9.89 Å². The molecule has 1 aliphatic heterocycles. The van der Waals surface area contributed by atoms with E-state index in [1.54, 1.807) is 0 Å². The first-order valence-corrected chi connectivity index (χ1v) is 9.53. The molecule has 0 unspecified atom stereocenters. The van der Waals surface area contributed by atoms with E-state index in [1.165, 1.54) is 18.4 Å². The van der Waals surface area contributed by atoms with Crippen LogP contribution in [-0.4, -0.2) is 38.7 Å². The van der Waals surface area contributed by atoms with Gasteiger partial charge in [-0.05, 0) is 56.0 Å². The zero-order chi connectivity index (χ0) is 17.4. The second-order valence-electron chi connectivity index (χ2n) is 7.27. The number of H-pyrrole nitrogens is 1. The Bertz CT molecular complexity index is 836. The van der Waals surface area contributed by atoms with Gasteiger partial charge in [0.05, 0.1) is 6.42 Å². The van der Waals surface area contributed by atoms with Crippen LogP contribution in [0.1, 0.15) is 54.6 Å². The minimum absolute atomic E-state index is 0.214. The maximum atomic E-state index is 12.8. The predicted molar refractivity (Wildman–Crippen MR) is 99.1 cm³/mol. The van der Waals surface area contributed by atoms with Crippen molar-refractivity contribution in [3.63, 3.8) is 0 Å². The lowest BCUT2D eigenvalue weighted by Gasteiger charge is -2.32. The van der Waals surface area contributed by atoms with Crippen LogP contribution in [0.3, 0.4) is 0 Å². The van der Waals surface area contributed by atoms with E-state index >= 15 is 0 Å². The highest BCUT2D eigenvalue weighted by molar-refractivity contribution is 7.71. The zero-order valence-corrected chi connectivity index (χ0v) is 15.4. The molecule has 2 aromatic rings. The first kappa shape index (κ1) is 16.5. The van der Waals surface area contributed by atoms with E-state index in [0.717, 1.165) is 42.1 Å². The molecule has 1 saturated carbocycles. The number of benzene rings is 1. The van der Waals surface area contributed by atoms with Gasteiger partial charge in [-0.2, -0.15) is 5.10 Å². The average Bonchev–Trinajstić information content (AvgIpc) is 3.39. The molecule has 1 amide bonds. The number of nitrogens with one attached hydrogen (secondary N) is 1. The summed E-state index contributed by atoms with van der Waals surface area (Å²) in [4.78, 5) is 14.8. The Labute approximate surface area is 153 Å².